The van der Waals surface area contributed by atoms with Crippen LogP contribution in [0.25, 0.3) is 10.8 Å². The van der Waals surface area contributed by atoms with E-state index in [0.29, 0.717) is 46.1 Å². The summed E-state index contributed by atoms with van der Waals surface area (Å²) in [5, 5.41) is 1.96. The lowest BCUT2D eigenvalue weighted by Crippen LogP contribution is -2.24. The van der Waals surface area contributed by atoms with Gasteiger partial charge in [-0.3, -0.25) is 4.79 Å². The zero-order valence-electron chi connectivity index (χ0n) is 12.8. The van der Waals surface area contributed by atoms with Crippen molar-refractivity contribution in [2.75, 3.05) is 13.2 Å². The molecule has 1 aromatic heterocycles. The number of rotatable bonds is 6. The summed E-state index contributed by atoms with van der Waals surface area (Å²) in [6.45, 7) is 3.12. The van der Waals surface area contributed by atoms with Crippen LogP contribution in [0.15, 0.2) is 16.9 Å². The predicted octanol–water partition coefficient (Wildman–Crippen LogP) is 3.53. The first-order chi connectivity index (χ1) is 10.5. The Morgan fingerprint density at radius 2 is 1.86 bits per heavy atom. The molecule has 1 heterocycles. The van der Waals surface area contributed by atoms with Crippen LogP contribution in [0.4, 0.5) is 0 Å². The molecule has 2 rings (SSSR count). The SMILES string of the molecule is CCCCOc1c(CCN)n(C)c(=O)c2cc(Cl)c(Cl)cc12. The summed E-state index contributed by atoms with van der Waals surface area (Å²) in [7, 11) is 1.72. The van der Waals surface area contributed by atoms with Gasteiger partial charge in [0.15, 0.2) is 0 Å². The molecule has 0 spiro atoms. The fourth-order valence-corrected chi connectivity index (χ4v) is 2.75. The second kappa shape index (κ2) is 7.36. The molecule has 0 aliphatic carbocycles. The molecule has 0 radical (unpaired) electrons. The topological polar surface area (TPSA) is 57.2 Å². The average Bonchev–Trinajstić information content (AvgIpc) is 2.50. The zero-order chi connectivity index (χ0) is 16.3. The lowest BCUT2D eigenvalue weighted by Gasteiger charge is -2.18. The number of hydrogen-bond acceptors (Lipinski definition) is 3. The molecule has 0 fully saturated rings. The Labute approximate surface area is 139 Å². The highest BCUT2D eigenvalue weighted by Crippen LogP contribution is 2.34. The van der Waals surface area contributed by atoms with E-state index in [9.17, 15) is 4.79 Å². The molecule has 0 atom stereocenters. The minimum atomic E-state index is -0.125. The van der Waals surface area contributed by atoms with Gasteiger partial charge in [-0.05, 0) is 25.1 Å². The van der Waals surface area contributed by atoms with Gasteiger partial charge in [-0.1, -0.05) is 36.5 Å². The number of fused-ring (bicyclic) bond motifs is 1. The van der Waals surface area contributed by atoms with Crippen molar-refractivity contribution in [3.63, 3.8) is 0 Å². The molecule has 0 bridgehead atoms. The fourth-order valence-electron chi connectivity index (χ4n) is 2.42. The summed E-state index contributed by atoms with van der Waals surface area (Å²) in [6, 6.07) is 3.29. The molecule has 4 nitrogen and oxygen atoms in total. The number of hydrogen-bond donors (Lipinski definition) is 1. The number of unbranched alkanes of at least 4 members (excludes halogenated alkanes) is 1. The van der Waals surface area contributed by atoms with Crippen LogP contribution in [0.3, 0.4) is 0 Å². The van der Waals surface area contributed by atoms with E-state index in [4.69, 9.17) is 33.7 Å². The van der Waals surface area contributed by atoms with Gasteiger partial charge in [0.2, 0.25) is 0 Å². The maximum Gasteiger partial charge on any atom is 0.258 e. The molecule has 120 valence electrons. The van der Waals surface area contributed by atoms with E-state index in [1.807, 2.05) is 0 Å². The Morgan fingerprint density at radius 3 is 2.45 bits per heavy atom. The maximum atomic E-state index is 12.5. The summed E-state index contributed by atoms with van der Waals surface area (Å²) in [4.78, 5) is 12.5. The quantitative estimate of drug-likeness (QED) is 0.817. The second-order valence-corrected chi connectivity index (χ2v) is 6.01. The molecule has 0 aliphatic rings. The Bertz CT molecular complexity index is 741. The van der Waals surface area contributed by atoms with E-state index in [1.165, 1.54) is 0 Å². The van der Waals surface area contributed by atoms with Crippen LogP contribution >= 0.6 is 23.2 Å². The van der Waals surface area contributed by atoms with Crippen LogP contribution in [-0.4, -0.2) is 17.7 Å². The predicted molar refractivity (Wildman–Crippen MR) is 92.4 cm³/mol. The van der Waals surface area contributed by atoms with Crippen LogP contribution in [0, 0.1) is 0 Å². The van der Waals surface area contributed by atoms with E-state index in [-0.39, 0.29) is 5.56 Å². The van der Waals surface area contributed by atoms with Gasteiger partial charge in [0.25, 0.3) is 5.56 Å². The number of ether oxygens (including phenoxy) is 1. The number of aromatic nitrogens is 1. The number of nitrogens with zero attached hydrogens (tertiary/aromatic N) is 1. The smallest absolute Gasteiger partial charge is 0.258 e. The van der Waals surface area contributed by atoms with Crippen molar-refractivity contribution < 1.29 is 4.74 Å². The highest BCUT2D eigenvalue weighted by molar-refractivity contribution is 6.42. The van der Waals surface area contributed by atoms with E-state index in [0.717, 1.165) is 18.5 Å². The Morgan fingerprint density at radius 1 is 1.23 bits per heavy atom. The van der Waals surface area contributed by atoms with Crippen molar-refractivity contribution >= 4 is 34.0 Å². The summed E-state index contributed by atoms with van der Waals surface area (Å²) < 4.78 is 7.54. The maximum absolute atomic E-state index is 12.5. The summed E-state index contributed by atoms with van der Waals surface area (Å²) in [5.74, 6) is 0.676. The van der Waals surface area contributed by atoms with Gasteiger partial charge < -0.3 is 15.0 Å². The lowest BCUT2D eigenvalue weighted by molar-refractivity contribution is 0.306. The van der Waals surface area contributed by atoms with Crippen LogP contribution in [-0.2, 0) is 13.5 Å². The van der Waals surface area contributed by atoms with Gasteiger partial charge in [-0.25, -0.2) is 0 Å². The first-order valence-corrected chi connectivity index (χ1v) is 8.10. The molecule has 0 unspecified atom stereocenters. The third-order valence-electron chi connectivity index (χ3n) is 3.63. The van der Waals surface area contributed by atoms with Gasteiger partial charge in [-0.2, -0.15) is 0 Å². The van der Waals surface area contributed by atoms with Gasteiger partial charge in [-0.15, -0.1) is 0 Å². The molecule has 2 aromatic rings. The lowest BCUT2D eigenvalue weighted by atomic mass is 10.1. The van der Waals surface area contributed by atoms with Crippen molar-refractivity contribution in [3.8, 4) is 5.75 Å². The third kappa shape index (κ3) is 3.24. The first-order valence-electron chi connectivity index (χ1n) is 7.34. The van der Waals surface area contributed by atoms with E-state index >= 15 is 0 Å². The number of pyridine rings is 1. The summed E-state index contributed by atoms with van der Waals surface area (Å²) in [6.07, 6.45) is 2.53. The first kappa shape index (κ1) is 17.1. The normalized spacial score (nSPS) is 11.1. The van der Waals surface area contributed by atoms with Gasteiger partial charge >= 0.3 is 0 Å². The Kier molecular flexibility index (Phi) is 5.73. The van der Waals surface area contributed by atoms with Gasteiger partial charge in [0, 0.05) is 18.9 Å². The Hall–Kier alpha value is -1.23. The molecule has 2 N–H and O–H groups in total. The molecule has 22 heavy (non-hydrogen) atoms. The van der Waals surface area contributed by atoms with Crippen molar-refractivity contribution in [1.29, 1.82) is 0 Å². The molecular weight excluding hydrogens is 323 g/mol. The molecule has 0 aliphatic heterocycles. The third-order valence-corrected chi connectivity index (χ3v) is 4.35. The minimum Gasteiger partial charge on any atom is -0.491 e. The van der Waals surface area contributed by atoms with E-state index < -0.39 is 0 Å². The molecular formula is C16H20Cl2N2O2. The Balaban J connectivity index is 2.73. The monoisotopic (exact) mass is 342 g/mol. The van der Waals surface area contributed by atoms with Crippen LogP contribution in [0.1, 0.15) is 25.5 Å². The van der Waals surface area contributed by atoms with Crippen molar-refractivity contribution in [2.45, 2.75) is 26.2 Å². The number of halogens is 2. The number of nitrogens with two attached hydrogens (primary N) is 1. The van der Waals surface area contributed by atoms with Crippen LogP contribution < -0.4 is 16.0 Å². The second-order valence-electron chi connectivity index (χ2n) is 5.19. The van der Waals surface area contributed by atoms with Crippen LogP contribution in [0.5, 0.6) is 5.75 Å². The minimum absolute atomic E-state index is 0.125. The van der Waals surface area contributed by atoms with E-state index in [2.05, 4.69) is 6.92 Å². The zero-order valence-corrected chi connectivity index (χ0v) is 14.3. The largest absolute Gasteiger partial charge is 0.491 e. The molecule has 6 heteroatoms. The molecule has 0 saturated heterocycles. The van der Waals surface area contributed by atoms with Crippen molar-refractivity contribution in [1.82, 2.24) is 4.57 Å². The molecule has 1 aromatic carbocycles. The molecule has 0 amide bonds. The van der Waals surface area contributed by atoms with E-state index in [1.54, 1.807) is 23.7 Å². The van der Waals surface area contributed by atoms with Crippen molar-refractivity contribution in [3.05, 3.63) is 38.2 Å². The highest BCUT2D eigenvalue weighted by Gasteiger charge is 2.17. The summed E-state index contributed by atoms with van der Waals surface area (Å²) >= 11 is 12.2. The standard InChI is InChI=1S/C16H20Cl2N2O2/c1-3-4-7-22-15-10-8-12(17)13(18)9-11(10)16(21)20(2)14(15)5-6-19/h8-9H,3-7,19H2,1-2H3. The van der Waals surface area contributed by atoms with Crippen molar-refractivity contribution in [2.24, 2.45) is 12.8 Å². The fraction of sp³-hybridized carbons (Fsp3) is 0.438. The van der Waals surface area contributed by atoms with Gasteiger partial charge in [0.05, 0.1) is 27.7 Å². The number of benzene rings is 1. The highest BCUT2D eigenvalue weighted by atomic mass is 35.5. The molecule has 0 saturated carbocycles. The summed E-state index contributed by atoms with van der Waals surface area (Å²) in [5.41, 5.74) is 6.34. The average molecular weight is 343 g/mol. The van der Waals surface area contributed by atoms with Gasteiger partial charge in [0.1, 0.15) is 5.75 Å². The van der Waals surface area contributed by atoms with Crippen LogP contribution in [0.2, 0.25) is 10.0 Å².